The van der Waals surface area contributed by atoms with Crippen LogP contribution < -0.4 is 5.32 Å². The van der Waals surface area contributed by atoms with Gasteiger partial charge in [0.1, 0.15) is 0 Å². The van der Waals surface area contributed by atoms with Crippen LogP contribution in [0.1, 0.15) is 25.3 Å². The van der Waals surface area contributed by atoms with Crippen LogP contribution in [-0.4, -0.2) is 36.1 Å². The van der Waals surface area contributed by atoms with Crippen molar-refractivity contribution < 1.29 is 0 Å². The van der Waals surface area contributed by atoms with Crippen molar-refractivity contribution in [3.8, 4) is 0 Å². The van der Waals surface area contributed by atoms with Gasteiger partial charge in [-0.15, -0.1) is 0 Å². The Morgan fingerprint density at radius 2 is 2.47 bits per heavy atom. The predicted octanol–water partition coefficient (Wildman–Crippen LogP) is 1.90. The predicted molar refractivity (Wildman–Crippen MR) is 70.8 cm³/mol. The fourth-order valence-electron chi connectivity index (χ4n) is 2.56. The SMILES string of the molecule is CC(NCc1cccnc1)C1CCCN(C)C1. The van der Waals surface area contributed by atoms with E-state index in [0.29, 0.717) is 6.04 Å². The molecule has 1 fully saturated rings. The molecule has 1 N–H and O–H groups in total. The molecule has 0 spiro atoms. The summed E-state index contributed by atoms with van der Waals surface area (Å²) < 4.78 is 0. The largest absolute Gasteiger partial charge is 0.310 e. The normalized spacial score (nSPS) is 23.5. The smallest absolute Gasteiger partial charge is 0.0312 e. The highest BCUT2D eigenvalue weighted by Crippen LogP contribution is 2.18. The van der Waals surface area contributed by atoms with E-state index in [1.165, 1.54) is 31.5 Å². The van der Waals surface area contributed by atoms with Gasteiger partial charge in [-0.1, -0.05) is 6.07 Å². The molecule has 0 aliphatic carbocycles. The Kier molecular flexibility index (Phi) is 4.51. The molecular formula is C14H23N3. The van der Waals surface area contributed by atoms with Gasteiger partial charge in [-0.2, -0.15) is 0 Å². The van der Waals surface area contributed by atoms with Gasteiger partial charge in [0, 0.05) is 31.5 Å². The lowest BCUT2D eigenvalue weighted by Crippen LogP contribution is -2.42. The van der Waals surface area contributed by atoms with Gasteiger partial charge in [0.25, 0.3) is 0 Å². The Labute approximate surface area is 104 Å². The van der Waals surface area contributed by atoms with E-state index in [-0.39, 0.29) is 0 Å². The van der Waals surface area contributed by atoms with Gasteiger partial charge in [-0.05, 0) is 50.9 Å². The minimum Gasteiger partial charge on any atom is -0.310 e. The topological polar surface area (TPSA) is 28.2 Å². The molecule has 2 unspecified atom stereocenters. The quantitative estimate of drug-likeness (QED) is 0.861. The molecule has 1 aromatic heterocycles. The van der Waals surface area contributed by atoms with Crippen molar-refractivity contribution in [2.75, 3.05) is 20.1 Å². The van der Waals surface area contributed by atoms with Crippen LogP contribution in [0.25, 0.3) is 0 Å². The van der Waals surface area contributed by atoms with E-state index in [1.54, 1.807) is 0 Å². The van der Waals surface area contributed by atoms with E-state index in [0.717, 1.165) is 12.5 Å². The standard InChI is InChI=1S/C14H23N3/c1-12(14-6-4-8-17(2)11-14)16-10-13-5-3-7-15-9-13/h3,5,7,9,12,14,16H,4,6,8,10-11H2,1-2H3. The minimum atomic E-state index is 0.581. The molecule has 17 heavy (non-hydrogen) atoms. The molecule has 0 bridgehead atoms. The van der Waals surface area contributed by atoms with E-state index >= 15 is 0 Å². The molecule has 2 rings (SSSR count). The van der Waals surface area contributed by atoms with Crippen molar-refractivity contribution in [2.24, 2.45) is 5.92 Å². The second-order valence-corrected chi connectivity index (χ2v) is 5.20. The maximum Gasteiger partial charge on any atom is 0.0312 e. The van der Waals surface area contributed by atoms with Gasteiger partial charge in [0.2, 0.25) is 0 Å². The Bertz CT molecular complexity index is 325. The average Bonchev–Trinajstić information content (AvgIpc) is 2.37. The molecule has 1 saturated heterocycles. The lowest BCUT2D eigenvalue weighted by atomic mass is 9.92. The number of likely N-dealkylation sites (tertiary alicyclic amines) is 1. The maximum atomic E-state index is 4.14. The second-order valence-electron chi connectivity index (χ2n) is 5.20. The molecule has 0 radical (unpaired) electrons. The Hall–Kier alpha value is -0.930. The zero-order chi connectivity index (χ0) is 12.1. The molecule has 94 valence electrons. The highest BCUT2D eigenvalue weighted by molar-refractivity contribution is 5.08. The van der Waals surface area contributed by atoms with Gasteiger partial charge in [0.05, 0.1) is 0 Å². The molecule has 0 amide bonds. The summed E-state index contributed by atoms with van der Waals surface area (Å²) in [6.45, 7) is 5.71. The Morgan fingerprint density at radius 3 is 3.18 bits per heavy atom. The summed E-state index contributed by atoms with van der Waals surface area (Å²) in [6, 6.07) is 4.70. The number of rotatable bonds is 4. The third-order valence-corrected chi connectivity index (χ3v) is 3.72. The summed E-state index contributed by atoms with van der Waals surface area (Å²) in [4.78, 5) is 6.58. The lowest BCUT2D eigenvalue weighted by Gasteiger charge is -2.34. The van der Waals surface area contributed by atoms with E-state index in [2.05, 4.69) is 35.2 Å². The average molecular weight is 233 g/mol. The van der Waals surface area contributed by atoms with Crippen molar-refractivity contribution in [2.45, 2.75) is 32.4 Å². The number of pyridine rings is 1. The first-order chi connectivity index (χ1) is 8.25. The number of nitrogens with zero attached hydrogens (tertiary/aromatic N) is 2. The number of aromatic nitrogens is 1. The molecule has 3 heteroatoms. The number of nitrogens with one attached hydrogen (secondary N) is 1. The number of piperidine rings is 1. The zero-order valence-corrected chi connectivity index (χ0v) is 10.9. The van der Waals surface area contributed by atoms with E-state index in [4.69, 9.17) is 0 Å². The molecule has 1 aromatic rings. The summed E-state index contributed by atoms with van der Waals surface area (Å²) in [7, 11) is 2.22. The van der Waals surface area contributed by atoms with Crippen LogP contribution >= 0.6 is 0 Å². The van der Waals surface area contributed by atoms with Crippen LogP contribution in [0.15, 0.2) is 24.5 Å². The molecule has 2 atom stereocenters. The number of hydrogen-bond acceptors (Lipinski definition) is 3. The molecule has 3 nitrogen and oxygen atoms in total. The summed E-state index contributed by atoms with van der Waals surface area (Å²) in [6.07, 6.45) is 6.45. The van der Waals surface area contributed by atoms with Gasteiger partial charge < -0.3 is 10.2 Å². The first-order valence-corrected chi connectivity index (χ1v) is 6.56. The van der Waals surface area contributed by atoms with Crippen LogP contribution in [-0.2, 0) is 6.54 Å². The first-order valence-electron chi connectivity index (χ1n) is 6.56. The van der Waals surface area contributed by atoms with Gasteiger partial charge >= 0.3 is 0 Å². The zero-order valence-electron chi connectivity index (χ0n) is 10.9. The third kappa shape index (κ3) is 3.79. The summed E-state index contributed by atoms with van der Waals surface area (Å²) in [5.41, 5.74) is 1.27. The van der Waals surface area contributed by atoms with Gasteiger partial charge in [-0.3, -0.25) is 4.98 Å². The Balaban J connectivity index is 1.79. The molecular weight excluding hydrogens is 210 g/mol. The van der Waals surface area contributed by atoms with Crippen LogP contribution in [0.4, 0.5) is 0 Å². The summed E-state index contributed by atoms with van der Waals surface area (Å²) in [5.74, 6) is 0.783. The van der Waals surface area contributed by atoms with Gasteiger partial charge in [-0.25, -0.2) is 0 Å². The van der Waals surface area contributed by atoms with Crippen LogP contribution in [0.5, 0.6) is 0 Å². The molecule has 0 saturated carbocycles. The summed E-state index contributed by atoms with van der Waals surface area (Å²) >= 11 is 0. The van der Waals surface area contributed by atoms with E-state index in [9.17, 15) is 0 Å². The Morgan fingerprint density at radius 1 is 1.59 bits per heavy atom. The monoisotopic (exact) mass is 233 g/mol. The molecule has 1 aliphatic rings. The highest BCUT2D eigenvalue weighted by Gasteiger charge is 2.22. The number of hydrogen-bond donors (Lipinski definition) is 1. The summed E-state index contributed by atoms with van der Waals surface area (Å²) in [5, 5.41) is 3.62. The van der Waals surface area contributed by atoms with Crippen molar-refractivity contribution in [3.05, 3.63) is 30.1 Å². The maximum absolute atomic E-state index is 4.14. The third-order valence-electron chi connectivity index (χ3n) is 3.72. The highest BCUT2D eigenvalue weighted by atomic mass is 15.1. The van der Waals surface area contributed by atoms with Crippen LogP contribution in [0, 0.1) is 5.92 Å². The fourth-order valence-corrected chi connectivity index (χ4v) is 2.56. The van der Waals surface area contributed by atoms with E-state index < -0.39 is 0 Å². The minimum absolute atomic E-state index is 0.581. The van der Waals surface area contributed by atoms with Gasteiger partial charge in [0.15, 0.2) is 0 Å². The molecule has 0 aromatic carbocycles. The second kappa shape index (κ2) is 6.12. The van der Waals surface area contributed by atoms with Crippen molar-refractivity contribution in [1.82, 2.24) is 15.2 Å². The van der Waals surface area contributed by atoms with Crippen LogP contribution in [0.3, 0.4) is 0 Å². The molecule has 2 heterocycles. The van der Waals surface area contributed by atoms with Crippen molar-refractivity contribution in [3.63, 3.8) is 0 Å². The van der Waals surface area contributed by atoms with Crippen molar-refractivity contribution in [1.29, 1.82) is 0 Å². The van der Waals surface area contributed by atoms with Crippen molar-refractivity contribution >= 4 is 0 Å². The first kappa shape index (κ1) is 12.5. The van der Waals surface area contributed by atoms with Crippen LogP contribution in [0.2, 0.25) is 0 Å². The molecule has 1 aliphatic heterocycles. The fraction of sp³-hybridized carbons (Fsp3) is 0.643. The lowest BCUT2D eigenvalue weighted by molar-refractivity contribution is 0.178. The van der Waals surface area contributed by atoms with E-state index in [1.807, 2.05) is 18.5 Å².